The topological polar surface area (TPSA) is 20.3 Å². The molecule has 0 atom stereocenters. The minimum absolute atomic E-state index is 0.226. The molecule has 1 rings (SSSR count). The number of nitrogens with zero attached hydrogens (tertiary/aromatic N) is 1. The van der Waals surface area contributed by atoms with Crippen LogP contribution in [-0.2, 0) is 0 Å². The van der Waals surface area contributed by atoms with Gasteiger partial charge in [0.1, 0.15) is 12.0 Å². The summed E-state index contributed by atoms with van der Waals surface area (Å²) in [4.78, 5) is 10.1. The third-order valence-electron chi connectivity index (χ3n) is 1.22. The first-order valence-corrected chi connectivity index (χ1v) is 2.91. The zero-order valence-corrected chi connectivity index (χ0v) is 5.50. The van der Waals surface area contributed by atoms with E-state index in [1.807, 2.05) is 0 Å². The van der Waals surface area contributed by atoms with Gasteiger partial charge in [-0.2, -0.15) is 0 Å². The lowest BCUT2D eigenvalue weighted by Gasteiger charge is -1.99. The highest BCUT2D eigenvalue weighted by Crippen LogP contribution is 2.14. The van der Waals surface area contributed by atoms with Crippen LogP contribution in [0.2, 0.25) is 0 Å². The van der Waals surface area contributed by atoms with E-state index in [4.69, 9.17) is 0 Å². The van der Waals surface area contributed by atoms with E-state index in [-0.39, 0.29) is 5.69 Å². The van der Waals surface area contributed by atoms with Crippen LogP contribution in [0.5, 0.6) is 0 Å². The summed E-state index contributed by atoms with van der Waals surface area (Å²) >= 11 is 0. The van der Waals surface area contributed by atoms with E-state index >= 15 is 0 Å². The summed E-state index contributed by atoms with van der Waals surface area (Å²) < 4.78 is 23.5. The Bertz CT molecular complexity index is 245. The van der Waals surface area contributed by atoms with Gasteiger partial charge < -0.3 is 0 Å². The van der Waals surface area contributed by atoms with E-state index in [0.717, 1.165) is 0 Å². The highest BCUT2D eigenvalue weighted by Gasteiger charge is 2.00. The molecule has 0 aliphatic carbocycles. The number of carbonyl (C=O) groups excluding carboxylic acids is 1. The molecule has 0 heterocycles. The molecule has 0 N–H and O–H groups in total. The van der Waals surface area contributed by atoms with Gasteiger partial charge in [-0.1, -0.05) is 8.96 Å². The lowest BCUT2D eigenvalue weighted by atomic mass is 10.2. The van der Waals surface area contributed by atoms with Gasteiger partial charge >= 0.3 is 0 Å². The van der Waals surface area contributed by atoms with Gasteiger partial charge in [0.15, 0.2) is 0 Å². The largest absolute Gasteiger partial charge is 0.298 e. The molecular weight excluding hydrogens is 152 g/mol. The highest BCUT2D eigenvalue weighted by molar-refractivity contribution is 5.75. The number of rotatable bonds is 2. The Morgan fingerprint density at radius 3 is 2.09 bits per heavy atom. The van der Waals surface area contributed by atoms with Crippen molar-refractivity contribution in [3.63, 3.8) is 0 Å². The van der Waals surface area contributed by atoms with Crippen LogP contribution in [-0.4, -0.2) is 6.29 Å². The van der Waals surface area contributed by atoms with E-state index in [1.54, 1.807) is 0 Å². The third-order valence-corrected chi connectivity index (χ3v) is 1.22. The summed E-state index contributed by atoms with van der Waals surface area (Å²) in [6, 6.07) is 5.00. The van der Waals surface area contributed by atoms with Crippen molar-refractivity contribution >= 4 is 12.0 Å². The molecule has 11 heavy (non-hydrogen) atoms. The fourth-order valence-electron chi connectivity index (χ4n) is 0.666. The molecule has 4 heteroatoms. The first kappa shape index (κ1) is 7.65. The quantitative estimate of drug-likeness (QED) is 0.483. The van der Waals surface area contributed by atoms with E-state index < -0.39 is 5.34 Å². The summed E-state index contributed by atoms with van der Waals surface area (Å²) in [6.45, 7) is 0. The van der Waals surface area contributed by atoms with Crippen molar-refractivity contribution in [2.75, 3.05) is 5.34 Å². The van der Waals surface area contributed by atoms with Crippen LogP contribution in [0.15, 0.2) is 24.3 Å². The summed E-state index contributed by atoms with van der Waals surface area (Å²) in [6.07, 6.45) is 0.602. The molecule has 0 aliphatic heterocycles. The Hall–Kier alpha value is -1.45. The predicted octanol–water partition coefficient (Wildman–Crippen LogP) is 2.07. The number of hydrogen-bond donors (Lipinski definition) is 0. The SMILES string of the molecule is O=Cc1ccc(N(F)F)cc1. The van der Waals surface area contributed by atoms with Gasteiger partial charge in [0, 0.05) is 5.56 Å². The normalized spacial score (nSPS) is 9.27. The van der Waals surface area contributed by atoms with Crippen molar-refractivity contribution < 1.29 is 13.8 Å². The van der Waals surface area contributed by atoms with Crippen LogP contribution in [0.3, 0.4) is 0 Å². The molecule has 0 bridgehead atoms. The van der Waals surface area contributed by atoms with E-state index in [1.165, 1.54) is 24.3 Å². The second kappa shape index (κ2) is 3.09. The van der Waals surface area contributed by atoms with Gasteiger partial charge in [0.25, 0.3) is 0 Å². The zero-order chi connectivity index (χ0) is 8.27. The Morgan fingerprint density at radius 1 is 1.18 bits per heavy atom. The number of halogens is 2. The molecule has 0 unspecified atom stereocenters. The maximum absolute atomic E-state index is 11.7. The van der Waals surface area contributed by atoms with Crippen LogP contribution in [0, 0.1) is 0 Å². The average molecular weight is 157 g/mol. The molecule has 0 aliphatic rings. The van der Waals surface area contributed by atoms with Gasteiger partial charge in [-0.25, -0.2) is 0 Å². The molecule has 1 aromatic carbocycles. The summed E-state index contributed by atoms with van der Waals surface area (Å²) in [7, 11) is 0. The number of benzene rings is 1. The third kappa shape index (κ3) is 1.73. The first-order valence-electron chi connectivity index (χ1n) is 2.91. The molecule has 0 saturated carbocycles. The molecular formula is C7H5F2NO. The molecule has 0 saturated heterocycles. The van der Waals surface area contributed by atoms with Gasteiger partial charge in [0.05, 0.1) is 0 Å². The summed E-state index contributed by atoms with van der Waals surface area (Å²) in [5.41, 5.74) is 0.159. The average Bonchev–Trinajstić information content (AvgIpc) is 2.05. The van der Waals surface area contributed by atoms with Crippen LogP contribution >= 0.6 is 0 Å². The van der Waals surface area contributed by atoms with Gasteiger partial charge in [-0.3, -0.25) is 4.79 Å². The highest BCUT2D eigenvalue weighted by atomic mass is 19.4. The Morgan fingerprint density at radius 2 is 1.73 bits per heavy atom. The summed E-state index contributed by atoms with van der Waals surface area (Å²) in [5, 5.41) is -1.01. The van der Waals surface area contributed by atoms with Crippen molar-refractivity contribution in [3.05, 3.63) is 29.8 Å². The first-order chi connectivity index (χ1) is 5.24. The van der Waals surface area contributed by atoms with E-state index in [2.05, 4.69) is 0 Å². The van der Waals surface area contributed by atoms with E-state index in [0.29, 0.717) is 11.8 Å². The Labute approximate surface area is 61.9 Å². The Kier molecular flexibility index (Phi) is 2.15. The van der Waals surface area contributed by atoms with Crippen molar-refractivity contribution in [1.82, 2.24) is 0 Å². The molecule has 58 valence electrons. The molecule has 2 nitrogen and oxygen atoms in total. The molecule has 0 spiro atoms. The zero-order valence-electron chi connectivity index (χ0n) is 5.50. The maximum atomic E-state index is 11.7. The van der Waals surface area contributed by atoms with Crippen LogP contribution < -0.4 is 5.34 Å². The lowest BCUT2D eigenvalue weighted by molar-refractivity contribution is 0.112. The number of hydrogen-bond acceptors (Lipinski definition) is 2. The monoisotopic (exact) mass is 157 g/mol. The van der Waals surface area contributed by atoms with Crippen LogP contribution in [0.1, 0.15) is 10.4 Å². The van der Waals surface area contributed by atoms with Crippen LogP contribution in [0.25, 0.3) is 0 Å². The van der Waals surface area contributed by atoms with Crippen LogP contribution in [0.4, 0.5) is 14.6 Å². The number of aldehydes is 1. The predicted molar refractivity (Wildman–Crippen MR) is 36.5 cm³/mol. The van der Waals surface area contributed by atoms with E-state index in [9.17, 15) is 13.8 Å². The van der Waals surface area contributed by atoms with Crippen molar-refractivity contribution in [3.8, 4) is 0 Å². The minimum Gasteiger partial charge on any atom is -0.298 e. The Balaban J connectivity index is 2.91. The molecule has 0 aromatic heterocycles. The van der Waals surface area contributed by atoms with Crippen molar-refractivity contribution in [2.45, 2.75) is 0 Å². The number of carbonyl (C=O) groups is 1. The van der Waals surface area contributed by atoms with Crippen molar-refractivity contribution in [1.29, 1.82) is 0 Å². The second-order valence-corrected chi connectivity index (χ2v) is 1.94. The maximum Gasteiger partial charge on any atom is 0.150 e. The number of anilines is 1. The van der Waals surface area contributed by atoms with Crippen molar-refractivity contribution in [2.24, 2.45) is 0 Å². The smallest absolute Gasteiger partial charge is 0.150 e. The second-order valence-electron chi connectivity index (χ2n) is 1.94. The van der Waals surface area contributed by atoms with Gasteiger partial charge in [-0.05, 0) is 29.6 Å². The minimum atomic E-state index is -1.01. The standard InChI is InChI=1S/C7H5F2NO/c8-10(9)7-3-1-6(5-11)2-4-7/h1-5H. The van der Waals surface area contributed by atoms with Gasteiger partial charge in [-0.15, -0.1) is 0 Å². The molecule has 0 amide bonds. The fraction of sp³-hybridized carbons (Fsp3) is 0. The fourth-order valence-corrected chi connectivity index (χ4v) is 0.666. The molecule has 0 fully saturated rings. The molecule has 1 aromatic rings. The summed E-state index contributed by atoms with van der Waals surface area (Å²) in [5.74, 6) is 0. The molecule has 0 radical (unpaired) electrons. The lowest BCUT2D eigenvalue weighted by Crippen LogP contribution is -1.94. The van der Waals surface area contributed by atoms with Gasteiger partial charge in [0.2, 0.25) is 0 Å².